The molecular weight excluding hydrogens is 374 g/mol. The first-order valence-electron chi connectivity index (χ1n) is 9.30. The Morgan fingerprint density at radius 3 is 2.69 bits per heavy atom. The van der Waals surface area contributed by atoms with E-state index in [0.717, 1.165) is 23.2 Å². The van der Waals surface area contributed by atoms with Crippen LogP contribution in [0, 0.1) is 0 Å². The highest BCUT2D eigenvalue weighted by Crippen LogP contribution is 2.07. The molecule has 0 amide bonds. The topological polar surface area (TPSA) is 123 Å². The van der Waals surface area contributed by atoms with Crippen LogP contribution in [-0.2, 0) is 13.6 Å². The Kier molecular flexibility index (Phi) is 6.62. The maximum atomic E-state index is 12.6. The number of likely N-dealkylation sites (N-methyl/N-ethyl adjacent to an activating group) is 1. The molecule has 0 saturated carbocycles. The van der Waals surface area contributed by atoms with E-state index in [-0.39, 0.29) is 23.7 Å². The molecule has 3 aromatic rings. The summed E-state index contributed by atoms with van der Waals surface area (Å²) < 4.78 is 2.40. The van der Waals surface area contributed by atoms with Crippen molar-refractivity contribution in [3.05, 3.63) is 50.9 Å². The molecule has 29 heavy (non-hydrogen) atoms. The van der Waals surface area contributed by atoms with Crippen molar-refractivity contribution in [2.24, 2.45) is 7.05 Å². The molecule has 0 aromatic carbocycles. The van der Waals surface area contributed by atoms with Crippen LogP contribution in [0.15, 0.2) is 34.1 Å². The summed E-state index contributed by atoms with van der Waals surface area (Å²) in [5.74, 6) is 0.246. The highest BCUT2D eigenvalue weighted by atomic mass is 16.2. The van der Waals surface area contributed by atoms with Crippen LogP contribution in [0.25, 0.3) is 11.2 Å². The van der Waals surface area contributed by atoms with Crippen molar-refractivity contribution in [1.82, 2.24) is 39.5 Å². The number of fused-ring (bicyclic) bond motifs is 1. The Labute approximate surface area is 167 Å². The fraction of sp³-hybridized carbons (Fsp3) is 0.444. The summed E-state index contributed by atoms with van der Waals surface area (Å²) in [4.78, 5) is 35.6. The molecule has 0 unspecified atom stereocenters. The molecule has 2 N–H and O–H groups in total. The number of nitrogens with zero attached hydrogens (tertiary/aromatic N) is 7. The van der Waals surface area contributed by atoms with Crippen molar-refractivity contribution in [2.75, 3.05) is 45.6 Å². The standard InChI is InChI=1S/C18H25N9O2/c1-25(2)10-9-19-7-8-21-17-22-14-15(23-24-17)27(18(29)26(3)16(14)28)12-13-5-4-6-20-11-13/h4-6,11,19H,7-10,12H2,1-3H3,(H,21,22,24). The zero-order chi connectivity index (χ0) is 20.8. The molecule has 3 aromatic heterocycles. The van der Waals surface area contributed by atoms with Gasteiger partial charge in [-0.3, -0.25) is 18.9 Å². The minimum atomic E-state index is -0.505. The lowest BCUT2D eigenvalue weighted by Crippen LogP contribution is -2.39. The molecule has 154 valence electrons. The fourth-order valence-electron chi connectivity index (χ4n) is 2.74. The van der Waals surface area contributed by atoms with E-state index in [9.17, 15) is 9.59 Å². The van der Waals surface area contributed by atoms with E-state index >= 15 is 0 Å². The predicted molar refractivity (Wildman–Crippen MR) is 110 cm³/mol. The molecule has 0 fully saturated rings. The molecule has 0 saturated heterocycles. The minimum absolute atomic E-state index is 0.0917. The third-order valence-corrected chi connectivity index (χ3v) is 4.33. The maximum Gasteiger partial charge on any atom is 0.332 e. The van der Waals surface area contributed by atoms with Crippen LogP contribution in [0.3, 0.4) is 0 Å². The lowest BCUT2D eigenvalue weighted by molar-refractivity contribution is 0.402. The van der Waals surface area contributed by atoms with Gasteiger partial charge in [0.05, 0.1) is 6.54 Å². The van der Waals surface area contributed by atoms with Crippen molar-refractivity contribution < 1.29 is 0 Å². The van der Waals surface area contributed by atoms with Gasteiger partial charge in [0.15, 0.2) is 11.2 Å². The summed E-state index contributed by atoms with van der Waals surface area (Å²) in [5.41, 5.74) is 0.0655. The third kappa shape index (κ3) is 5.00. The number of anilines is 1. The van der Waals surface area contributed by atoms with Crippen molar-refractivity contribution in [3.63, 3.8) is 0 Å². The van der Waals surface area contributed by atoms with Crippen molar-refractivity contribution in [3.8, 4) is 0 Å². The van der Waals surface area contributed by atoms with Crippen LogP contribution < -0.4 is 21.9 Å². The molecule has 0 bridgehead atoms. The third-order valence-electron chi connectivity index (χ3n) is 4.33. The minimum Gasteiger partial charge on any atom is -0.352 e. The smallest absolute Gasteiger partial charge is 0.332 e. The first-order chi connectivity index (χ1) is 14.0. The Hall–Kier alpha value is -3.18. The van der Waals surface area contributed by atoms with Crippen LogP contribution in [0.5, 0.6) is 0 Å². The predicted octanol–water partition coefficient (Wildman–Crippen LogP) is -1.11. The summed E-state index contributed by atoms with van der Waals surface area (Å²) in [6.45, 7) is 3.32. The Balaban J connectivity index is 1.81. The SMILES string of the molecule is CN(C)CCNCCNc1nnc2c(n1)c(=O)n(C)c(=O)n2Cc1cccnc1. The van der Waals surface area contributed by atoms with Gasteiger partial charge in [0.2, 0.25) is 5.95 Å². The number of hydrogen-bond acceptors (Lipinski definition) is 9. The van der Waals surface area contributed by atoms with Crippen LogP contribution in [-0.4, -0.2) is 74.5 Å². The Morgan fingerprint density at radius 2 is 1.97 bits per heavy atom. The molecule has 11 heteroatoms. The van der Waals surface area contributed by atoms with Gasteiger partial charge in [0.25, 0.3) is 5.56 Å². The normalized spacial score (nSPS) is 11.3. The van der Waals surface area contributed by atoms with Gasteiger partial charge in [0.1, 0.15) is 0 Å². The van der Waals surface area contributed by atoms with Gasteiger partial charge in [0, 0.05) is 45.6 Å². The van der Waals surface area contributed by atoms with Gasteiger partial charge >= 0.3 is 5.69 Å². The molecule has 0 atom stereocenters. The molecule has 0 aliphatic heterocycles. The molecule has 0 spiro atoms. The van der Waals surface area contributed by atoms with Crippen LogP contribution in [0.4, 0.5) is 5.95 Å². The van der Waals surface area contributed by atoms with Crippen LogP contribution in [0.2, 0.25) is 0 Å². The molecule has 3 rings (SSSR count). The highest BCUT2D eigenvalue weighted by molar-refractivity contribution is 5.69. The largest absolute Gasteiger partial charge is 0.352 e. The highest BCUT2D eigenvalue weighted by Gasteiger charge is 2.15. The number of nitrogens with one attached hydrogen (secondary N) is 2. The molecule has 3 heterocycles. The lowest BCUT2D eigenvalue weighted by atomic mass is 10.3. The summed E-state index contributed by atoms with van der Waals surface area (Å²) in [6.07, 6.45) is 3.31. The van der Waals surface area contributed by atoms with E-state index in [1.807, 2.05) is 20.2 Å². The number of pyridine rings is 1. The zero-order valence-corrected chi connectivity index (χ0v) is 16.8. The first kappa shape index (κ1) is 20.6. The molecular formula is C18H25N9O2. The molecule has 11 nitrogen and oxygen atoms in total. The van der Waals surface area contributed by atoms with Crippen molar-refractivity contribution >= 4 is 17.1 Å². The van der Waals surface area contributed by atoms with Gasteiger partial charge in [-0.2, -0.15) is 0 Å². The first-order valence-corrected chi connectivity index (χ1v) is 9.30. The van der Waals surface area contributed by atoms with Gasteiger partial charge in [-0.05, 0) is 25.7 Å². The molecule has 0 aliphatic rings. The van der Waals surface area contributed by atoms with Crippen LogP contribution in [0.1, 0.15) is 5.56 Å². The van der Waals surface area contributed by atoms with E-state index in [0.29, 0.717) is 13.1 Å². The Morgan fingerprint density at radius 1 is 1.14 bits per heavy atom. The summed E-state index contributed by atoms with van der Waals surface area (Å²) in [7, 11) is 5.46. The van der Waals surface area contributed by atoms with Gasteiger partial charge in [-0.25, -0.2) is 9.78 Å². The van der Waals surface area contributed by atoms with E-state index in [1.165, 1.54) is 11.6 Å². The van der Waals surface area contributed by atoms with E-state index in [4.69, 9.17) is 0 Å². The molecule has 0 radical (unpaired) electrons. The number of aromatic nitrogens is 6. The average Bonchev–Trinajstić information content (AvgIpc) is 2.72. The van der Waals surface area contributed by atoms with Gasteiger partial charge < -0.3 is 15.5 Å². The average molecular weight is 399 g/mol. The summed E-state index contributed by atoms with van der Waals surface area (Å²) in [5, 5.41) is 14.5. The number of rotatable bonds is 9. The number of hydrogen-bond donors (Lipinski definition) is 2. The van der Waals surface area contributed by atoms with Gasteiger partial charge in [-0.1, -0.05) is 6.07 Å². The molecule has 0 aliphatic carbocycles. The maximum absolute atomic E-state index is 12.6. The Bertz CT molecular complexity index is 1080. The summed E-state index contributed by atoms with van der Waals surface area (Å²) in [6, 6.07) is 3.62. The summed E-state index contributed by atoms with van der Waals surface area (Å²) >= 11 is 0. The van der Waals surface area contributed by atoms with E-state index < -0.39 is 11.2 Å². The van der Waals surface area contributed by atoms with Crippen molar-refractivity contribution in [2.45, 2.75) is 6.54 Å². The second-order valence-electron chi connectivity index (χ2n) is 6.88. The van der Waals surface area contributed by atoms with Gasteiger partial charge in [-0.15, -0.1) is 10.2 Å². The second-order valence-corrected chi connectivity index (χ2v) is 6.88. The monoisotopic (exact) mass is 399 g/mol. The quantitative estimate of drug-likeness (QED) is 0.431. The van der Waals surface area contributed by atoms with Crippen LogP contribution >= 0.6 is 0 Å². The van der Waals surface area contributed by atoms with E-state index in [2.05, 4.69) is 35.7 Å². The zero-order valence-electron chi connectivity index (χ0n) is 16.8. The lowest BCUT2D eigenvalue weighted by Gasteiger charge is -2.12. The second kappa shape index (κ2) is 9.34. The van der Waals surface area contributed by atoms with Crippen molar-refractivity contribution in [1.29, 1.82) is 0 Å². The fourth-order valence-corrected chi connectivity index (χ4v) is 2.74. The van der Waals surface area contributed by atoms with E-state index in [1.54, 1.807) is 18.5 Å².